The molecule has 1 N–H and O–H groups in total. The van der Waals surface area contributed by atoms with Gasteiger partial charge in [-0.3, -0.25) is 9.48 Å². The van der Waals surface area contributed by atoms with Crippen molar-refractivity contribution >= 4 is 22.7 Å². The van der Waals surface area contributed by atoms with E-state index in [4.69, 9.17) is 4.52 Å². The first-order valence-corrected chi connectivity index (χ1v) is 9.11. The van der Waals surface area contributed by atoms with Gasteiger partial charge in [0.2, 0.25) is 0 Å². The molecular weight excluding hydrogens is 384 g/mol. The van der Waals surface area contributed by atoms with Crippen LogP contribution in [-0.4, -0.2) is 40.6 Å². The van der Waals surface area contributed by atoms with Crippen molar-refractivity contribution in [2.75, 3.05) is 5.32 Å². The van der Waals surface area contributed by atoms with Crippen LogP contribution in [0.2, 0.25) is 0 Å². The summed E-state index contributed by atoms with van der Waals surface area (Å²) in [5.41, 5.74) is 4.18. The highest BCUT2D eigenvalue weighted by Crippen LogP contribution is 2.27. The van der Waals surface area contributed by atoms with E-state index in [0.29, 0.717) is 33.7 Å². The van der Waals surface area contributed by atoms with E-state index >= 15 is 0 Å². The molecular formula is C20H16N8O2. The summed E-state index contributed by atoms with van der Waals surface area (Å²) >= 11 is 0. The van der Waals surface area contributed by atoms with E-state index in [-0.39, 0.29) is 5.91 Å². The second-order valence-corrected chi connectivity index (χ2v) is 6.75. The summed E-state index contributed by atoms with van der Waals surface area (Å²) in [7, 11) is 1.82. The van der Waals surface area contributed by atoms with Crippen LogP contribution in [0, 0.1) is 6.92 Å². The highest BCUT2D eigenvalue weighted by Gasteiger charge is 2.20. The van der Waals surface area contributed by atoms with E-state index in [1.165, 1.54) is 6.33 Å². The average molecular weight is 400 g/mol. The van der Waals surface area contributed by atoms with Gasteiger partial charge in [-0.15, -0.1) is 0 Å². The number of fused-ring (bicyclic) bond motifs is 1. The van der Waals surface area contributed by atoms with Gasteiger partial charge in [0, 0.05) is 24.5 Å². The van der Waals surface area contributed by atoms with Crippen molar-refractivity contribution in [1.82, 2.24) is 34.7 Å². The number of anilines is 1. The number of aryl methyl sites for hydroxylation is 2. The standard InChI is InChI=1S/C20H16N8O2/c1-12-18-16(7-17(25-20(18)30-26-12)13-8-22-27(2)9-13)19(29)24-14-3-5-15(6-4-14)28-11-21-10-23-28/h3-11H,1-2H3,(H,24,29). The van der Waals surface area contributed by atoms with Crippen molar-refractivity contribution in [3.05, 3.63) is 66.6 Å². The molecule has 5 aromatic rings. The lowest BCUT2D eigenvalue weighted by molar-refractivity contribution is 0.102. The van der Waals surface area contributed by atoms with Crippen molar-refractivity contribution in [2.45, 2.75) is 6.92 Å². The zero-order valence-electron chi connectivity index (χ0n) is 16.1. The number of hydrogen-bond donors (Lipinski definition) is 1. The van der Waals surface area contributed by atoms with E-state index in [2.05, 4.69) is 30.6 Å². The van der Waals surface area contributed by atoms with Gasteiger partial charge in [-0.1, -0.05) is 5.16 Å². The van der Waals surface area contributed by atoms with Gasteiger partial charge in [-0.25, -0.2) is 14.6 Å². The number of amides is 1. The molecule has 0 fully saturated rings. The Labute approximate surface area is 170 Å². The molecule has 0 bridgehead atoms. The van der Waals surface area contributed by atoms with Crippen molar-refractivity contribution in [2.24, 2.45) is 7.05 Å². The maximum atomic E-state index is 13.1. The van der Waals surface area contributed by atoms with E-state index in [0.717, 1.165) is 11.3 Å². The van der Waals surface area contributed by atoms with E-state index in [1.54, 1.807) is 47.0 Å². The summed E-state index contributed by atoms with van der Waals surface area (Å²) in [5, 5.41) is 15.7. The maximum Gasteiger partial charge on any atom is 0.259 e. The lowest BCUT2D eigenvalue weighted by Crippen LogP contribution is -2.13. The second-order valence-electron chi connectivity index (χ2n) is 6.75. The average Bonchev–Trinajstić information content (AvgIpc) is 3.50. The fraction of sp³-hybridized carbons (Fsp3) is 0.100. The predicted molar refractivity (Wildman–Crippen MR) is 108 cm³/mol. The molecule has 4 heterocycles. The largest absolute Gasteiger partial charge is 0.335 e. The Balaban J connectivity index is 1.50. The highest BCUT2D eigenvalue weighted by atomic mass is 16.5. The van der Waals surface area contributed by atoms with Gasteiger partial charge < -0.3 is 9.84 Å². The zero-order chi connectivity index (χ0) is 20.7. The number of aromatic nitrogens is 7. The number of carbonyl (C=O) groups excluding carboxylic acids is 1. The normalized spacial score (nSPS) is 11.1. The monoisotopic (exact) mass is 400 g/mol. The molecule has 5 rings (SSSR count). The van der Waals surface area contributed by atoms with Crippen LogP contribution in [0.4, 0.5) is 5.69 Å². The fourth-order valence-electron chi connectivity index (χ4n) is 3.21. The number of nitrogens with one attached hydrogen (secondary N) is 1. The molecule has 148 valence electrons. The molecule has 0 radical (unpaired) electrons. The van der Waals surface area contributed by atoms with Gasteiger partial charge in [0.15, 0.2) is 0 Å². The Hall–Kier alpha value is -4.34. The number of benzene rings is 1. The number of pyridine rings is 1. The molecule has 4 aromatic heterocycles. The first-order valence-electron chi connectivity index (χ1n) is 9.11. The molecule has 10 heteroatoms. The lowest BCUT2D eigenvalue weighted by Gasteiger charge is -2.08. The minimum Gasteiger partial charge on any atom is -0.335 e. The topological polar surface area (TPSA) is 117 Å². The van der Waals surface area contributed by atoms with Crippen LogP contribution < -0.4 is 5.32 Å². The van der Waals surface area contributed by atoms with Crippen molar-refractivity contribution in [1.29, 1.82) is 0 Å². The fourth-order valence-corrected chi connectivity index (χ4v) is 3.21. The molecule has 0 spiro atoms. The molecule has 1 amide bonds. The van der Waals surface area contributed by atoms with Gasteiger partial charge in [-0.2, -0.15) is 10.2 Å². The Morgan fingerprint density at radius 3 is 2.70 bits per heavy atom. The number of carbonyl (C=O) groups is 1. The third-order valence-corrected chi connectivity index (χ3v) is 4.67. The van der Waals surface area contributed by atoms with E-state index in [1.807, 2.05) is 25.4 Å². The molecule has 0 aliphatic heterocycles. The van der Waals surface area contributed by atoms with Crippen LogP contribution in [0.5, 0.6) is 0 Å². The number of nitrogens with zero attached hydrogens (tertiary/aromatic N) is 7. The van der Waals surface area contributed by atoms with Crippen LogP contribution in [0.25, 0.3) is 28.0 Å². The van der Waals surface area contributed by atoms with Gasteiger partial charge in [0.25, 0.3) is 11.6 Å². The lowest BCUT2D eigenvalue weighted by atomic mass is 10.1. The molecule has 0 aliphatic carbocycles. The number of rotatable bonds is 4. The maximum absolute atomic E-state index is 13.1. The third kappa shape index (κ3) is 3.09. The first kappa shape index (κ1) is 17.7. The van der Waals surface area contributed by atoms with Gasteiger partial charge in [0.1, 0.15) is 12.7 Å². The van der Waals surface area contributed by atoms with E-state index < -0.39 is 0 Å². The molecule has 0 aliphatic rings. The van der Waals surface area contributed by atoms with Crippen LogP contribution in [0.3, 0.4) is 0 Å². The Morgan fingerprint density at radius 1 is 1.17 bits per heavy atom. The Bertz CT molecular complexity index is 1350. The summed E-state index contributed by atoms with van der Waals surface area (Å²) in [6, 6.07) is 9.02. The minimum absolute atomic E-state index is 0.285. The van der Waals surface area contributed by atoms with Crippen molar-refractivity contribution in [3.63, 3.8) is 0 Å². The van der Waals surface area contributed by atoms with Crippen molar-refractivity contribution < 1.29 is 9.32 Å². The number of hydrogen-bond acceptors (Lipinski definition) is 7. The highest BCUT2D eigenvalue weighted by molar-refractivity contribution is 6.13. The molecule has 0 saturated heterocycles. The van der Waals surface area contributed by atoms with Crippen molar-refractivity contribution in [3.8, 4) is 16.9 Å². The summed E-state index contributed by atoms with van der Waals surface area (Å²) in [4.78, 5) is 21.5. The van der Waals surface area contributed by atoms with Crippen LogP contribution in [0.1, 0.15) is 16.1 Å². The first-order chi connectivity index (χ1) is 14.6. The minimum atomic E-state index is -0.285. The quantitative estimate of drug-likeness (QED) is 0.493. The van der Waals surface area contributed by atoms with Crippen LogP contribution in [0.15, 0.2) is 59.9 Å². The second kappa shape index (κ2) is 6.92. The van der Waals surface area contributed by atoms with Crippen LogP contribution >= 0.6 is 0 Å². The van der Waals surface area contributed by atoms with Gasteiger partial charge in [-0.05, 0) is 37.3 Å². The van der Waals surface area contributed by atoms with Gasteiger partial charge >= 0.3 is 0 Å². The van der Waals surface area contributed by atoms with Gasteiger partial charge in [0.05, 0.1) is 34.2 Å². The molecule has 1 aromatic carbocycles. The molecule has 30 heavy (non-hydrogen) atoms. The molecule has 10 nitrogen and oxygen atoms in total. The Kier molecular flexibility index (Phi) is 4.09. The summed E-state index contributed by atoms with van der Waals surface area (Å²) in [6.07, 6.45) is 6.57. The molecule has 0 atom stereocenters. The SMILES string of the molecule is Cc1noc2nc(-c3cnn(C)c3)cc(C(=O)Nc3ccc(-n4cncn4)cc3)c12. The van der Waals surface area contributed by atoms with Crippen LogP contribution in [-0.2, 0) is 7.05 Å². The third-order valence-electron chi connectivity index (χ3n) is 4.67. The zero-order valence-corrected chi connectivity index (χ0v) is 16.1. The molecule has 0 unspecified atom stereocenters. The van der Waals surface area contributed by atoms with E-state index in [9.17, 15) is 4.79 Å². The summed E-state index contributed by atoms with van der Waals surface area (Å²) in [6.45, 7) is 1.78. The molecule has 0 saturated carbocycles. The predicted octanol–water partition coefficient (Wildman–Crippen LogP) is 2.76. The summed E-state index contributed by atoms with van der Waals surface area (Å²) < 4.78 is 8.64. The smallest absolute Gasteiger partial charge is 0.259 e. The Morgan fingerprint density at radius 2 is 2.00 bits per heavy atom. The summed E-state index contributed by atoms with van der Waals surface area (Å²) in [5.74, 6) is -0.285.